The van der Waals surface area contributed by atoms with Crippen LogP contribution >= 0.6 is 27.3 Å². The van der Waals surface area contributed by atoms with Crippen LogP contribution in [0.2, 0.25) is 0 Å². The predicted octanol–water partition coefficient (Wildman–Crippen LogP) is 5.27. The lowest BCUT2D eigenvalue weighted by molar-refractivity contribution is 0.883. The highest BCUT2D eigenvalue weighted by Crippen LogP contribution is 2.36. The van der Waals surface area contributed by atoms with Crippen molar-refractivity contribution in [1.29, 1.82) is 0 Å². The average Bonchev–Trinajstić information content (AvgIpc) is 2.92. The fourth-order valence-electron chi connectivity index (χ4n) is 2.42. The maximum atomic E-state index is 6.46. The topological polar surface area (TPSA) is 26.0 Å². The van der Waals surface area contributed by atoms with Gasteiger partial charge in [0.2, 0.25) is 0 Å². The van der Waals surface area contributed by atoms with Crippen LogP contribution in [0.15, 0.2) is 52.3 Å². The third kappa shape index (κ3) is 2.41. The first-order valence-corrected chi connectivity index (χ1v) is 8.38. The van der Waals surface area contributed by atoms with E-state index >= 15 is 0 Å². The van der Waals surface area contributed by atoms with Crippen molar-refractivity contribution in [2.45, 2.75) is 19.4 Å². The number of nitrogens with two attached hydrogens (primary N) is 1. The lowest BCUT2D eigenvalue weighted by Crippen LogP contribution is -2.11. The molecule has 1 heterocycles. The summed E-state index contributed by atoms with van der Waals surface area (Å²) in [6.45, 7) is 2.17. The van der Waals surface area contributed by atoms with Crippen molar-refractivity contribution >= 4 is 37.4 Å². The summed E-state index contributed by atoms with van der Waals surface area (Å²) in [5.74, 6) is 0. The second-order valence-electron chi connectivity index (χ2n) is 4.88. The highest BCUT2D eigenvalue weighted by atomic mass is 79.9. The normalized spacial score (nSPS) is 12.8. The molecule has 2 aromatic carbocycles. The van der Waals surface area contributed by atoms with Crippen LogP contribution in [0.1, 0.15) is 29.7 Å². The minimum absolute atomic E-state index is 0.0658. The monoisotopic (exact) mass is 345 g/mol. The number of fused-ring (bicyclic) bond motifs is 1. The zero-order valence-corrected chi connectivity index (χ0v) is 13.7. The molecule has 1 unspecified atom stereocenters. The van der Waals surface area contributed by atoms with Crippen molar-refractivity contribution in [3.05, 3.63) is 69.0 Å². The first-order valence-electron chi connectivity index (χ1n) is 6.70. The van der Waals surface area contributed by atoms with Crippen LogP contribution in [0.5, 0.6) is 0 Å². The molecule has 3 heteroatoms. The molecule has 0 spiro atoms. The molecular weight excluding hydrogens is 330 g/mol. The molecule has 20 heavy (non-hydrogen) atoms. The zero-order valence-electron chi connectivity index (χ0n) is 11.3. The first-order chi connectivity index (χ1) is 9.70. The van der Waals surface area contributed by atoms with E-state index in [-0.39, 0.29) is 6.04 Å². The minimum Gasteiger partial charge on any atom is -0.320 e. The van der Waals surface area contributed by atoms with Gasteiger partial charge in [0.25, 0.3) is 0 Å². The molecule has 3 rings (SSSR count). The van der Waals surface area contributed by atoms with Crippen LogP contribution in [0.3, 0.4) is 0 Å². The molecule has 0 aliphatic carbocycles. The van der Waals surface area contributed by atoms with Crippen molar-refractivity contribution in [2.24, 2.45) is 5.73 Å². The van der Waals surface area contributed by atoms with Crippen molar-refractivity contribution in [3.63, 3.8) is 0 Å². The van der Waals surface area contributed by atoms with Crippen molar-refractivity contribution in [3.8, 4) is 0 Å². The third-order valence-corrected chi connectivity index (χ3v) is 5.63. The fourth-order valence-corrected chi connectivity index (χ4v) is 4.08. The van der Waals surface area contributed by atoms with Crippen LogP contribution < -0.4 is 5.73 Å². The van der Waals surface area contributed by atoms with E-state index in [2.05, 4.69) is 70.7 Å². The van der Waals surface area contributed by atoms with Gasteiger partial charge in [-0.05, 0) is 55.9 Å². The maximum Gasteiger partial charge on any atom is 0.0566 e. The highest BCUT2D eigenvalue weighted by molar-refractivity contribution is 9.10. The Kier molecular flexibility index (Phi) is 3.92. The molecule has 1 atom stereocenters. The Bertz CT molecular complexity index is 730. The molecule has 0 fully saturated rings. The standard InChI is InChI=1S/C17H16BrNS/c1-2-11-6-8-12(9-7-11)16(19)14-10-20-17-13(14)4-3-5-15(17)18/h3-10,16H,2,19H2,1H3. The summed E-state index contributed by atoms with van der Waals surface area (Å²) >= 11 is 5.35. The Labute approximate surface area is 131 Å². The lowest BCUT2D eigenvalue weighted by Gasteiger charge is -2.12. The van der Waals surface area contributed by atoms with Crippen LogP contribution in [0.25, 0.3) is 10.1 Å². The van der Waals surface area contributed by atoms with Crippen molar-refractivity contribution in [2.75, 3.05) is 0 Å². The summed E-state index contributed by atoms with van der Waals surface area (Å²) in [7, 11) is 0. The number of hydrogen-bond acceptors (Lipinski definition) is 2. The molecule has 0 aliphatic rings. The largest absolute Gasteiger partial charge is 0.320 e. The molecular formula is C17H16BrNS. The van der Waals surface area contributed by atoms with Crippen LogP contribution in [0.4, 0.5) is 0 Å². The Morgan fingerprint density at radius 3 is 2.60 bits per heavy atom. The van der Waals surface area contributed by atoms with Crippen molar-refractivity contribution < 1.29 is 0 Å². The van der Waals surface area contributed by atoms with E-state index in [4.69, 9.17) is 5.73 Å². The molecule has 0 aliphatic heterocycles. The summed E-state index contributed by atoms with van der Waals surface area (Å²) in [5, 5.41) is 3.42. The van der Waals surface area contributed by atoms with E-state index in [1.807, 2.05) is 0 Å². The Hall–Kier alpha value is -1.16. The van der Waals surface area contributed by atoms with E-state index in [1.165, 1.54) is 26.8 Å². The number of rotatable bonds is 3. The van der Waals surface area contributed by atoms with Gasteiger partial charge in [0, 0.05) is 9.17 Å². The summed E-state index contributed by atoms with van der Waals surface area (Å²) < 4.78 is 2.41. The number of hydrogen-bond donors (Lipinski definition) is 1. The van der Waals surface area contributed by atoms with Gasteiger partial charge in [-0.15, -0.1) is 11.3 Å². The van der Waals surface area contributed by atoms with Gasteiger partial charge in [-0.3, -0.25) is 0 Å². The van der Waals surface area contributed by atoms with Crippen molar-refractivity contribution in [1.82, 2.24) is 0 Å². The Morgan fingerprint density at radius 2 is 1.90 bits per heavy atom. The third-order valence-electron chi connectivity index (χ3n) is 3.66. The highest BCUT2D eigenvalue weighted by Gasteiger charge is 2.14. The van der Waals surface area contributed by atoms with E-state index in [1.54, 1.807) is 11.3 Å². The maximum absolute atomic E-state index is 6.46. The molecule has 3 aromatic rings. The second kappa shape index (κ2) is 5.68. The SMILES string of the molecule is CCc1ccc(C(N)c2csc3c(Br)cccc23)cc1. The molecule has 0 amide bonds. The fraction of sp³-hybridized carbons (Fsp3) is 0.176. The van der Waals surface area contributed by atoms with Crippen LogP contribution in [0, 0.1) is 0 Å². The first kappa shape index (κ1) is 13.8. The molecule has 0 bridgehead atoms. The van der Waals surface area contributed by atoms with Gasteiger partial charge < -0.3 is 5.73 Å². The summed E-state index contributed by atoms with van der Waals surface area (Å²) in [6, 6.07) is 14.8. The predicted molar refractivity (Wildman–Crippen MR) is 91.4 cm³/mol. The smallest absolute Gasteiger partial charge is 0.0566 e. The van der Waals surface area contributed by atoms with E-state index < -0.39 is 0 Å². The average molecular weight is 346 g/mol. The van der Waals surface area contributed by atoms with Crippen LogP contribution in [-0.4, -0.2) is 0 Å². The molecule has 1 nitrogen and oxygen atoms in total. The molecule has 0 saturated carbocycles. The molecule has 1 aromatic heterocycles. The van der Waals surface area contributed by atoms with Gasteiger partial charge in [0.05, 0.1) is 6.04 Å². The van der Waals surface area contributed by atoms with Gasteiger partial charge in [-0.25, -0.2) is 0 Å². The molecule has 2 N–H and O–H groups in total. The van der Waals surface area contributed by atoms with E-state index in [0.29, 0.717) is 0 Å². The van der Waals surface area contributed by atoms with E-state index in [9.17, 15) is 0 Å². The summed E-state index contributed by atoms with van der Waals surface area (Å²) in [4.78, 5) is 0. The molecule has 0 radical (unpaired) electrons. The molecule has 102 valence electrons. The van der Waals surface area contributed by atoms with Crippen LogP contribution in [-0.2, 0) is 6.42 Å². The quantitative estimate of drug-likeness (QED) is 0.686. The minimum atomic E-state index is -0.0658. The number of halogens is 1. The van der Waals surface area contributed by atoms with Gasteiger partial charge >= 0.3 is 0 Å². The Balaban J connectivity index is 2.03. The number of thiophene rings is 1. The summed E-state index contributed by atoms with van der Waals surface area (Å²) in [5.41, 5.74) is 10.2. The number of aryl methyl sites for hydroxylation is 1. The van der Waals surface area contributed by atoms with Gasteiger partial charge in [0.15, 0.2) is 0 Å². The van der Waals surface area contributed by atoms with Gasteiger partial charge in [0.1, 0.15) is 0 Å². The van der Waals surface area contributed by atoms with E-state index in [0.717, 1.165) is 10.9 Å². The number of benzene rings is 2. The summed E-state index contributed by atoms with van der Waals surface area (Å²) in [6.07, 6.45) is 1.06. The Morgan fingerprint density at radius 1 is 1.15 bits per heavy atom. The van der Waals surface area contributed by atoms with Gasteiger partial charge in [-0.2, -0.15) is 0 Å². The van der Waals surface area contributed by atoms with Gasteiger partial charge in [-0.1, -0.05) is 43.3 Å². The second-order valence-corrected chi connectivity index (χ2v) is 6.61. The zero-order chi connectivity index (χ0) is 14.1. The lowest BCUT2D eigenvalue weighted by atomic mass is 9.98. The molecule has 0 saturated heterocycles.